The molecule has 0 atom stereocenters. The van der Waals surface area contributed by atoms with E-state index in [0.717, 1.165) is 38.3 Å². The number of rotatable bonds is 2. The van der Waals surface area contributed by atoms with Crippen molar-refractivity contribution in [1.29, 1.82) is 0 Å². The molecule has 1 aromatic rings. The van der Waals surface area contributed by atoms with Crippen molar-refractivity contribution in [2.24, 2.45) is 0 Å². The van der Waals surface area contributed by atoms with Crippen LogP contribution in [-0.4, -0.2) is 31.1 Å². The quantitative estimate of drug-likeness (QED) is 0.822. The number of benzene rings is 1. The van der Waals surface area contributed by atoms with Gasteiger partial charge in [-0.2, -0.15) is 0 Å². The van der Waals surface area contributed by atoms with E-state index in [9.17, 15) is 4.39 Å². The average Bonchev–Trinajstić information content (AvgIpc) is 2.51. The van der Waals surface area contributed by atoms with Crippen LogP contribution >= 0.6 is 0 Å². The van der Waals surface area contributed by atoms with E-state index >= 15 is 0 Å². The second-order valence-electron chi connectivity index (χ2n) is 4.45. The van der Waals surface area contributed by atoms with Crippen LogP contribution in [-0.2, 0) is 6.54 Å². The fourth-order valence-electron chi connectivity index (χ4n) is 2.14. The first-order valence-electron chi connectivity index (χ1n) is 5.94. The molecule has 1 fully saturated rings. The lowest BCUT2D eigenvalue weighted by molar-refractivity contribution is 0.284. The zero-order chi connectivity index (χ0) is 11.4. The molecule has 1 heterocycles. The van der Waals surface area contributed by atoms with Crippen LogP contribution in [0.3, 0.4) is 0 Å². The Labute approximate surface area is 96.5 Å². The maximum atomic E-state index is 13.0. The van der Waals surface area contributed by atoms with Gasteiger partial charge in [-0.3, -0.25) is 4.90 Å². The van der Waals surface area contributed by atoms with E-state index in [1.807, 2.05) is 13.0 Å². The third-order valence-corrected chi connectivity index (χ3v) is 3.13. The highest BCUT2D eigenvalue weighted by molar-refractivity contribution is 5.26. The first-order valence-corrected chi connectivity index (χ1v) is 5.94. The summed E-state index contributed by atoms with van der Waals surface area (Å²) in [6.07, 6.45) is 1.19. The van der Waals surface area contributed by atoms with Gasteiger partial charge in [-0.05, 0) is 49.7 Å². The molecule has 0 bridgehead atoms. The molecular formula is C13H19FN2. The van der Waals surface area contributed by atoms with E-state index < -0.39 is 0 Å². The summed E-state index contributed by atoms with van der Waals surface area (Å²) in [7, 11) is 0. The van der Waals surface area contributed by atoms with Crippen molar-refractivity contribution in [3.05, 3.63) is 35.1 Å². The molecule has 0 saturated carbocycles. The van der Waals surface area contributed by atoms with Gasteiger partial charge < -0.3 is 5.32 Å². The van der Waals surface area contributed by atoms with Crippen LogP contribution in [0.2, 0.25) is 0 Å². The highest BCUT2D eigenvalue weighted by atomic mass is 19.1. The molecule has 88 valence electrons. The number of nitrogens with zero attached hydrogens (tertiary/aromatic N) is 1. The highest BCUT2D eigenvalue weighted by Gasteiger charge is 2.10. The minimum absolute atomic E-state index is 0.140. The van der Waals surface area contributed by atoms with E-state index in [4.69, 9.17) is 0 Å². The molecule has 0 aliphatic carbocycles. The summed E-state index contributed by atoms with van der Waals surface area (Å²) in [6, 6.07) is 5.08. The van der Waals surface area contributed by atoms with E-state index in [1.54, 1.807) is 12.1 Å². The molecule has 2 rings (SSSR count). The summed E-state index contributed by atoms with van der Waals surface area (Å²) in [4.78, 5) is 2.43. The Balaban J connectivity index is 2.01. The van der Waals surface area contributed by atoms with Crippen LogP contribution < -0.4 is 5.32 Å². The van der Waals surface area contributed by atoms with E-state index in [0.29, 0.717) is 0 Å². The van der Waals surface area contributed by atoms with Crippen LogP contribution in [0, 0.1) is 12.7 Å². The van der Waals surface area contributed by atoms with Gasteiger partial charge in [0.1, 0.15) is 5.82 Å². The molecule has 0 amide bonds. The normalized spacial score (nSPS) is 18.4. The van der Waals surface area contributed by atoms with Gasteiger partial charge in [0.25, 0.3) is 0 Å². The monoisotopic (exact) mass is 222 g/mol. The molecular weight excluding hydrogens is 203 g/mol. The van der Waals surface area contributed by atoms with Gasteiger partial charge in [0, 0.05) is 19.6 Å². The summed E-state index contributed by atoms with van der Waals surface area (Å²) < 4.78 is 13.0. The summed E-state index contributed by atoms with van der Waals surface area (Å²) >= 11 is 0. The minimum Gasteiger partial charge on any atom is -0.315 e. The predicted octanol–water partition coefficient (Wildman–Crippen LogP) is 1.93. The molecule has 3 heteroatoms. The second-order valence-corrected chi connectivity index (χ2v) is 4.45. The summed E-state index contributed by atoms with van der Waals surface area (Å²) in [6.45, 7) is 7.29. The topological polar surface area (TPSA) is 15.3 Å². The number of nitrogens with one attached hydrogen (secondary N) is 1. The van der Waals surface area contributed by atoms with Crippen LogP contribution in [0.4, 0.5) is 4.39 Å². The van der Waals surface area contributed by atoms with Crippen molar-refractivity contribution in [2.75, 3.05) is 26.2 Å². The van der Waals surface area contributed by atoms with Crippen molar-refractivity contribution in [3.63, 3.8) is 0 Å². The van der Waals surface area contributed by atoms with E-state index in [-0.39, 0.29) is 5.82 Å². The standard InChI is InChI=1S/C13H19FN2/c1-11-9-13(14)4-3-12(11)10-16-7-2-5-15-6-8-16/h3-4,9,15H,2,5-8,10H2,1H3. The van der Waals surface area contributed by atoms with Crippen molar-refractivity contribution < 1.29 is 4.39 Å². The van der Waals surface area contributed by atoms with Crippen LogP contribution in [0.15, 0.2) is 18.2 Å². The lowest BCUT2D eigenvalue weighted by Gasteiger charge is -2.20. The Morgan fingerprint density at radius 1 is 1.31 bits per heavy atom. The van der Waals surface area contributed by atoms with Crippen molar-refractivity contribution in [1.82, 2.24) is 10.2 Å². The van der Waals surface area contributed by atoms with Crippen LogP contribution in [0.5, 0.6) is 0 Å². The number of hydrogen-bond donors (Lipinski definition) is 1. The summed E-state index contributed by atoms with van der Waals surface area (Å²) in [5.41, 5.74) is 2.29. The maximum absolute atomic E-state index is 13.0. The fraction of sp³-hybridized carbons (Fsp3) is 0.538. The smallest absolute Gasteiger partial charge is 0.123 e. The Bertz CT molecular complexity index is 344. The van der Waals surface area contributed by atoms with Crippen molar-refractivity contribution in [3.8, 4) is 0 Å². The zero-order valence-corrected chi connectivity index (χ0v) is 9.80. The Kier molecular flexibility index (Phi) is 3.91. The third kappa shape index (κ3) is 3.03. The van der Waals surface area contributed by atoms with Gasteiger partial charge in [0.2, 0.25) is 0 Å². The average molecular weight is 222 g/mol. The van der Waals surface area contributed by atoms with Crippen molar-refractivity contribution >= 4 is 0 Å². The Hall–Kier alpha value is -0.930. The van der Waals surface area contributed by atoms with Gasteiger partial charge >= 0.3 is 0 Å². The van der Waals surface area contributed by atoms with Crippen molar-refractivity contribution in [2.45, 2.75) is 19.9 Å². The fourth-order valence-corrected chi connectivity index (χ4v) is 2.14. The Morgan fingerprint density at radius 3 is 3.00 bits per heavy atom. The van der Waals surface area contributed by atoms with Gasteiger partial charge in [0.05, 0.1) is 0 Å². The number of aryl methyl sites for hydroxylation is 1. The highest BCUT2D eigenvalue weighted by Crippen LogP contribution is 2.13. The van der Waals surface area contributed by atoms with Crippen LogP contribution in [0.25, 0.3) is 0 Å². The van der Waals surface area contributed by atoms with Gasteiger partial charge in [-0.25, -0.2) is 4.39 Å². The molecule has 2 nitrogen and oxygen atoms in total. The summed E-state index contributed by atoms with van der Waals surface area (Å²) in [5, 5.41) is 3.39. The van der Waals surface area contributed by atoms with Gasteiger partial charge in [-0.1, -0.05) is 6.07 Å². The van der Waals surface area contributed by atoms with Crippen LogP contribution in [0.1, 0.15) is 17.5 Å². The number of halogens is 1. The predicted molar refractivity (Wildman–Crippen MR) is 63.9 cm³/mol. The van der Waals surface area contributed by atoms with E-state index in [2.05, 4.69) is 10.2 Å². The number of hydrogen-bond acceptors (Lipinski definition) is 2. The molecule has 0 spiro atoms. The van der Waals surface area contributed by atoms with E-state index in [1.165, 1.54) is 12.0 Å². The lowest BCUT2D eigenvalue weighted by Crippen LogP contribution is -2.27. The molecule has 1 saturated heterocycles. The first-order chi connectivity index (χ1) is 7.75. The zero-order valence-electron chi connectivity index (χ0n) is 9.80. The molecule has 1 aromatic carbocycles. The molecule has 0 radical (unpaired) electrons. The lowest BCUT2D eigenvalue weighted by atomic mass is 10.1. The molecule has 16 heavy (non-hydrogen) atoms. The minimum atomic E-state index is -0.140. The molecule has 1 aliphatic rings. The third-order valence-electron chi connectivity index (χ3n) is 3.13. The van der Waals surface area contributed by atoms with Gasteiger partial charge in [-0.15, -0.1) is 0 Å². The maximum Gasteiger partial charge on any atom is 0.123 e. The molecule has 1 N–H and O–H groups in total. The largest absolute Gasteiger partial charge is 0.315 e. The first kappa shape index (κ1) is 11.6. The van der Waals surface area contributed by atoms with Gasteiger partial charge in [0.15, 0.2) is 0 Å². The SMILES string of the molecule is Cc1cc(F)ccc1CN1CCCNCC1. The summed E-state index contributed by atoms with van der Waals surface area (Å²) in [5.74, 6) is -0.140. The molecule has 0 aromatic heterocycles. The molecule has 0 unspecified atom stereocenters. The second kappa shape index (κ2) is 5.41. The molecule has 1 aliphatic heterocycles. The Morgan fingerprint density at radius 2 is 2.19 bits per heavy atom.